The first-order valence-corrected chi connectivity index (χ1v) is 10.6. The topological polar surface area (TPSA) is 134 Å². The molecular weight excluding hydrogens is 426 g/mol. The molecule has 1 aromatic carbocycles. The number of primary amides is 1. The van der Waals surface area contributed by atoms with E-state index in [1.807, 2.05) is 32.9 Å². The molecule has 0 unspecified atom stereocenters. The molecular formula is C24H27N3O6. The monoisotopic (exact) mass is 453 g/mol. The Hall–Kier alpha value is -3.88. The van der Waals surface area contributed by atoms with E-state index >= 15 is 0 Å². The van der Waals surface area contributed by atoms with Crippen LogP contribution in [0.5, 0.6) is 0 Å². The molecule has 2 aromatic heterocycles. The van der Waals surface area contributed by atoms with Crippen molar-refractivity contribution in [1.29, 1.82) is 0 Å². The van der Waals surface area contributed by atoms with Gasteiger partial charge in [0.05, 0.1) is 12.1 Å². The Morgan fingerprint density at radius 3 is 2.39 bits per heavy atom. The fourth-order valence-corrected chi connectivity index (χ4v) is 4.01. The maximum atomic E-state index is 12.7. The van der Waals surface area contributed by atoms with Crippen molar-refractivity contribution >= 4 is 34.6 Å². The predicted molar refractivity (Wildman–Crippen MR) is 124 cm³/mol. The number of ether oxygens (including phenoxy) is 1. The summed E-state index contributed by atoms with van der Waals surface area (Å²) in [7, 11) is 0. The summed E-state index contributed by atoms with van der Waals surface area (Å²) in [6, 6.07) is 5.54. The van der Waals surface area contributed by atoms with Gasteiger partial charge in [0.15, 0.2) is 0 Å². The molecule has 174 valence electrons. The average Bonchev–Trinajstić information content (AvgIpc) is 3.04. The van der Waals surface area contributed by atoms with Crippen molar-refractivity contribution in [3.05, 3.63) is 62.1 Å². The van der Waals surface area contributed by atoms with Gasteiger partial charge in [-0.3, -0.25) is 19.7 Å². The van der Waals surface area contributed by atoms with Crippen molar-refractivity contribution in [2.75, 3.05) is 11.9 Å². The first-order valence-electron chi connectivity index (χ1n) is 10.6. The molecule has 0 aliphatic heterocycles. The van der Waals surface area contributed by atoms with E-state index in [1.54, 1.807) is 17.6 Å². The number of carbonyl (C=O) groups excluding carboxylic acids is 3. The van der Waals surface area contributed by atoms with Crippen molar-refractivity contribution in [1.82, 2.24) is 4.57 Å². The van der Waals surface area contributed by atoms with E-state index in [9.17, 15) is 19.2 Å². The summed E-state index contributed by atoms with van der Waals surface area (Å²) in [5.41, 5.74) is 8.50. The predicted octanol–water partition coefficient (Wildman–Crippen LogP) is 3.13. The normalized spacial score (nSPS) is 10.9. The number of esters is 1. The van der Waals surface area contributed by atoms with E-state index in [2.05, 4.69) is 5.32 Å². The second-order valence-corrected chi connectivity index (χ2v) is 7.92. The number of nitrogens with one attached hydrogen (secondary N) is 1. The standard InChI is InChI=1S/C24H27N3O6/c1-6-32-24(31)19-15(5)33-23(20(19)22(25)30)26-17(28)7-8-27-18(29)11-13(3)16-10-12(2)9-14(4)21(16)27/h9-11H,6-8H2,1-5H3,(H2,25,30)(H,26,28). The molecule has 0 atom stereocenters. The lowest BCUT2D eigenvalue weighted by Gasteiger charge is -2.15. The van der Waals surface area contributed by atoms with Crippen LogP contribution in [0.15, 0.2) is 27.4 Å². The molecule has 0 aliphatic carbocycles. The van der Waals surface area contributed by atoms with Crippen LogP contribution in [0.25, 0.3) is 10.9 Å². The van der Waals surface area contributed by atoms with E-state index in [0.29, 0.717) is 0 Å². The van der Waals surface area contributed by atoms with Gasteiger partial charge in [0.1, 0.15) is 16.9 Å². The second kappa shape index (κ2) is 9.32. The van der Waals surface area contributed by atoms with Crippen molar-refractivity contribution < 1.29 is 23.5 Å². The van der Waals surface area contributed by atoms with Gasteiger partial charge < -0.3 is 19.5 Å². The SMILES string of the molecule is CCOC(=O)c1c(C)oc(NC(=O)CCn2c(=O)cc(C)c3cc(C)cc(C)c32)c1C(N)=O. The largest absolute Gasteiger partial charge is 0.462 e. The third-order valence-electron chi connectivity index (χ3n) is 5.37. The number of aromatic nitrogens is 1. The molecule has 0 saturated heterocycles. The number of hydrogen-bond acceptors (Lipinski definition) is 6. The highest BCUT2D eigenvalue weighted by Gasteiger charge is 2.29. The molecule has 0 fully saturated rings. The van der Waals surface area contributed by atoms with Crippen LogP contribution >= 0.6 is 0 Å². The zero-order chi connectivity index (χ0) is 24.4. The van der Waals surface area contributed by atoms with Gasteiger partial charge in [-0.25, -0.2) is 4.79 Å². The van der Waals surface area contributed by atoms with Crippen molar-refractivity contribution in [2.24, 2.45) is 5.73 Å². The lowest BCUT2D eigenvalue weighted by atomic mass is 10.0. The third-order valence-corrected chi connectivity index (χ3v) is 5.37. The first kappa shape index (κ1) is 23.8. The first-order chi connectivity index (χ1) is 15.5. The van der Waals surface area contributed by atoms with Crippen LogP contribution in [0.3, 0.4) is 0 Å². The number of carbonyl (C=O) groups is 3. The molecule has 9 heteroatoms. The maximum absolute atomic E-state index is 12.7. The Balaban J connectivity index is 1.89. The number of benzene rings is 1. The van der Waals surface area contributed by atoms with Gasteiger partial charge in [-0.1, -0.05) is 11.6 Å². The molecule has 2 amide bonds. The number of furan rings is 1. The number of nitrogens with two attached hydrogens (primary N) is 1. The molecule has 2 heterocycles. The minimum Gasteiger partial charge on any atom is -0.462 e. The number of anilines is 1. The Morgan fingerprint density at radius 2 is 1.76 bits per heavy atom. The molecule has 0 bridgehead atoms. The lowest BCUT2D eigenvalue weighted by Crippen LogP contribution is -2.25. The molecule has 0 radical (unpaired) electrons. The number of pyridine rings is 1. The van der Waals surface area contributed by atoms with Crippen molar-refractivity contribution in [3.8, 4) is 0 Å². The summed E-state index contributed by atoms with van der Waals surface area (Å²) >= 11 is 0. The maximum Gasteiger partial charge on any atom is 0.342 e. The van der Waals surface area contributed by atoms with Crippen LogP contribution in [0.4, 0.5) is 5.88 Å². The lowest BCUT2D eigenvalue weighted by molar-refractivity contribution is -0.116. The Morgan fingerprint density at radius 1 is 1.06 bits per heavy atom. The minimum atomic E-state index is -0.933. The number of aryl methyl sites for hydroxylation is 5. The van der Waals surface area contributed by atoms with Crippen LogP contribution in [-0.2, 0) is 16.1 Å². The average molecular weight is 453 g/mol. The van der Waals surface area contributed by atoms with Gasteiger partial charge in [-0.2, -0.15) is 0 Å². The summed E-state index contributed by atoms with van der Waals surface area (Å²) in [5, 5.41) is 3.44. The van der Waals surface area contributed by atoms with Crippen LogP contribution in [0.2, 0.25) is 0 Å². The van der Waals surface area contributed by atoms with Gasteiger partial charge in [-0.05, 0) is 51.8 Å². The summed E-state index contributed by atoms with van der Waals surface area (Å²) in [5.74, 6) is -2.33. The Kier molecular flexibility index (Phi) is 6.71. The smallest absolute Gasteiger partial charge is 0.342 e. The summed E-state index contributed by atoms with van der Waals surface area (Å²) in [6.07, 6.45) is -0.0714. The fourth-order valence-electron chi connectivity index (χ4n) is 4.01. The molecule has 3 rings (SSSR count). The van der Waals surface area contributed by atoms with Crippen LogP contribution < -0.4 is 16.6 Å². The number of hydrogen-bond donors (Lipinski definition) is 2. The van der Waals surface area contributed by atoms with Crippen molar-refractivity contribution in [3.63, 3.8) is 0 Å². The zero-order valence-corrected chi connectivity index (χ0v) is 19.3. The van der Waals surface area contributed by atoms with E-state index in [1.165, 1.54) is 6.92 Å². The number of fused-ring (bicyclic) bond motifs is 1. The summed E-state index contributed by atoms with van der Waals surface area (Å²) < 4.78 is 11.9. The third kappa shape index (κ3) is 4.67. The molecule has 9 nitrogen and oxygen atoms in total. The quantitative estimate of drug-likeness (QED) is 0.528. The van der Waals surface area contributed by atoms with Gasteiger partial charge in [0, 0.05) is 24.4 Å². The van der Waals surface area contributed by atoms with E-state index in [-0.39, 0.29) is 47.9 Å². The summed E-state index contributed by atoms with van der Waals surface area (Å²) in [6.45, 7) is 9.10. The minimum absolute atomic E-state index is 0.0714. The number of rotatable bonds is 7. The number of amides is 2. The highest BCUT2D eigenvalue weighted by atomic mass is 16.5. The molecule has 0 aliphatic rings. The van der Waals surface area contributed by atoms with Crippen LogP contribution in [0, 0.1) is 27.7 Å². The fraction of sp³-hybridized carbons (Fsp3) is 0.333. The van der Waals surface area contributed by atoms with Gasteiger partial charge >= 0.3 is 5.97 Å². The van der Waals surface area contributed by atoms with E-state index in [0.717, 1.165) is 27.6 Å². The van der Waals surface area contributed by atoms with Crippen LogP contribution in [-0.4, -0.2) is 29.0 Å². The molecule has 0 saturated carbocycles. The van der Waals surface area contributed by atoms with Crippen LogP contribution in [0.1, 0.15) is 56.5 Å². The molecule has 33 heavy (non-hydrogen) atoms. The Bertz CT molecular complexity index is 1330. The Labute approximate surface area is 190 Å². The van der Waals surface area contributed by atoms with Gasteiger partial charge in [-0.15, -0.1) is 0 Å². The zero-order valence-electron chi connectivity index (χ0n) is 19.3. The van der Waals surface area contributed by atoms with E-state index in [4.69, 9.17) is 14.9 Å². The van der Waals surface area contributed by atoms with Gasteiger partial charge in [0.2, 0.25) is 11.8 Å². The van der Waals surface area contributed by atoms with E-state index < -0.39 is 17.8 Å². The molecule has 3 aromatic rings. The summed E-state index contributed by atoms with van der Waals surface area (Å²) in [4.78, 5) is 49.5. The highest BCUT2D eigenvalue weighted by Crippen LogP contribution is 2.28. The molecule has 3 N–H and O–H groups in total. The van der Waals surface area contributed by atoms with Crippen molar-refractivity contribution in [2.45, 2.75) is 47.6 Å². The highest BCUT2D eigenvalue weighted by molar-refractivity contribution is 6.10. The number of nitrogens with zero attached hydrogens (tertiary/aromatic N) is 1. The molecule has 0 spiro atoms. The second-order valence-electron chi connectivity index (χ2n) is 7.92. The van der Waals surface area contributed by atoms with Gasteiger partial charge in [0.25, 0.3) is 11.5 Å².